The van der Waals surface area contributed by atoms with Gasteiger partial charge in [-0.2, -0.15) is 18.2 Å². The van der Waals surface area contributed by atoms with Gasteiger partial charge in [0.25, 0.3) is 0 Å². The smallest absolute Gasteiger partial charge is 0.423 e. The standard InChI is InChI=1S/C17H20F3N3O3S/c1-10(16(2,3)24)26-14-13(17(18,19)20)9-21-15(23-14)22-11-5-7-12(8-6-11)27(4)25/h5-10,24H,1-4H3,(H,21,22,23)/t10?,27-/m1/s1. The Hall–Kier alpha value is -2.20. The normalized spacial score (nSPS) is 14.5. The number of nitrogens with zero attached hydrogens (tertiary/aromatic N) is 2. The number of aromatic nitrogens is 2. The molecule has 6 nitrogen and oxygen atoms in total. The molecule has 2 atom stereocenters. The minimum atomic E-state index is -4.71. The van der Waals surface area contributed by atoms with Crippen LogP contribution in [-0.4, -0.2) is 37.2 Å². The molecule has 0 aliphatic heterocycles. The summed E-state index contributed by atoms with van der Waals surface area (Å²) in [5, 5.41) is 12.7. The van der Waals surface area contributed by atoms with Gasteiger partial charge in [0.2, 0.25) is 11.8 Å². The summed E-state index contributed by atoms with van der Waals surface area (Å²) in [6, 6.07) is 6.46. The molecular weight excluding hydrogens is 383 g/mol. The van der Waals surface area contributed by atoms with Crippen molar-refractivity contribution in [3.63, 3.8) is 0 Å². The van der Waals surface area contributed by atoms with Gasteiger partial charge in [-0.15, -0.1) is 0 Å². The Bertz CT molecular complexity index is 821. The number of anilines is 2. The summed E-state index contributed by atoms with van der Waals surface area (Å²) in [7, 11) is -1.14. The third-order valence-electron chi connectivity index (χ3n) is 3.78. The first-order valence-electron chi connectivity index (χ1n) is 7.91. The molecule has 27 heavy (non-hydrogen) atoms. The number of nitrogens with one attached hydrogen (secondary N) is 1. The number of aliphatic hydroxyl groups is 1. The second-order valence-electron chi connectivity index (χ2n) is 6.43. The first kappa shape index (κ1) is 21.1. The summed E-state index contributed by atoms with van der Waals surface area (Å²) in [5.41, 5.74) is -2.00. The maximum Gasteiger partial charge on any atom is 0.423 e. The van der Waals surface area contributed by atoms with Gasteiger partial charge in [-0.3, -0.25) is 4.21 Å². The van der Waals surface area contributed by atoms with Gasteiger partial charge in [0.1, 0.15) is 11.7 Å². The van der Waals surface area contributed by atoms with Crippen molar-refractivity contribution in [2.75, 3.05) is 11.6 Å². The molecule has 2 rings (SSSR count). The highest BCUT2D eigenvalue weighted by Crippen LogP contribution is 2.36. The Balaban J connectivity index is 2.32. The number of ether oxygens (including phenoxy) is 1. The molecule has 1 unspecified atom stereocenters. The Morgan fingerprint density at radius 3 is 2.30 bits per heavy atom. The van der Waals surface area contributed by atoms with Gasteiger partial charge >= 0.3 is 6.18 Å². The van der Waals surface area contributed by atoms with Gasteiger partial charge in [0.15, 0.2) is 0 Å². The summed E-state index contributed by atoms with van der Waals surface area (Å²) in [4.78, 5) is 8.10. The van der Waals surface area contributed by atoms with E-state index in [1.165, 1.54) is 27.0 Å². The quantitative estimate of drug-likeness (QED) is 0.768. The molecule has 0 amide bonds. The lowest BCUT2D eigenvalue weighted by molar-refractivity contribution is -0.141. The molecule has 1 aromatic heterocycles. The van der Waals surface area contributed by atoms with E-state index >= 15 is 0 Å². The summed E-state index contributed by atoms with van der Waals surface area (Å²) in [5.74, 6) is -0.785. The van der Waals surface area contributed by atoms with Crippen LogP contribution in [0.5, 0.6) is 5.88 Å². The molecule has 10 heteroatoms. The van der Waals surface area contributed by atoms with Gasteiger partial charge in [0, 0.05) is 33.8 Å². The van der Waals surface area contributed by atoms with E-state index in [4.69, 9.17) is 4.74 Å². The zero-order valence-electron chi connectivity index (χ0n) is 15.2. The molecule has 0 radical (unpaired) electrons. The highest BCUT2D eigenvalue weighted by atomic mass is 32.2. The monoisotopic (exact) mass is 403 g/mol. The van der Waals surface area contributed by atoms with Crippen LogP contribution in [0.1, 0.15) is 26.3 Å². The van der Waals surface area contributed by atoms with Gasteiger partial charge < -0.3 is 15.2 Å². The number of hydrogen-bond donors (Lipinski definition) is 2. The molecule has 0 bridgehead atoms. The molecule has 2 N–H and O–H groups in total. The molecular formula is C17H20F3N3O3S. The molecule has 0 aliphatic rings. The fourth-order valence-electron chi connectivity index (χ4n) is 1.88. The maximum absolute atomic E-state index is 13.2. The predicted octanol–water partition coefficient (Wildman–Crippen LogP) is 3.51. The molecule has 148 valence electrons. The molecule has 0 fully saturated rings. The Labute approximate surface area is 157 Å². The van der Waals surface area contributed by atoms with Crippen LogP contribution in [-0.2, 0) is 17.0 Å². The van der Waals surface area contributed by atoms with Crippen LogP contribution in [0.2, 0.25) is 0 Å². The van der Waals surface area contributed by atoms with Crippen molar-refractivity contribution in [1.29, 1.82) is 0 Å². The first-order valence-corrected chi connectivity index (χ1v) is 9.47. The van der Waals surface area contributed by atoms with Crippen LogP contribution in [0.25, 0.3) is 0 Å². The van der Waals surface area contributed by atoms with Crippen LogP contribution < -0.4 is 10.1 Å². The average Bonchev–Trinajstić information content (AvgIpc) is 2.53. The van der Waals surface area contributed by atoms with E-state index in [2.05, 4.69) is 15.3 Å². The Morgan fingerprint density at radius 1 is 1.22 bits per heavy atom. The topological polar surface area (TPSA) is 84.3 Å². The van der Waals surface area contributed by atoms with Crippen LogP contribution in [0.15, 0.2) is 35.4 Å². The van der Waals surface area contributed by atoms with Gasteiger partial charge in [0.05, 0.1) is 5.60 Å². The maximum atomic E-state index is 13.2. The Kier molecular flexibility index (Phi) is 6.10. The van der Waals surface area contributed by atoms with E-state index in [-0.39, 0.29) is 5.95 Å². The second-order valence-corrected chi connectivity index (χ2v) is 7.81. The van der Waals surface area contributed by atoms with E-state index in [9.17, 15) is 22.5 Å². The van der Waals surface area contributed by atoms with Crippen molar-refractivity contribution in [3.8, 4) is 5.88 Å². The predicted molar refractivity (Wildman–Crippen MR) is 95.5 cm³/mol. The van der Waals surface area contributed by atoms with Gasteiger partial charge in [-0.1, -0.05) is 0 Å². The lowest BCUT2D eigenvalue weighted by atomic mass is 10.0. The van der Waals surface area contributed by atoms with Crippen LogP contribution in [0.3, 0.4) is 0 Å². The third kappa shape index (κ3) is 5.64. The van der Waals surface area contributed by atoms with Crippen molar-refractivity contribution in [3.05, 3.63) is 36.0 Å². The molecule has 0 saturated carbocycles. The SMILES string of the molecule is CC(Oc1nc(Nc2ccc([S@@](C)=O)cc2)ncc1C(F)(F)F)C(C)(C)O. The van der Waals surface area contributed by atoms with Crippen LogP contribution >= 0.6 is 0 Å². The summed E-state index contributed by atoms with van der Waals surface area (Å²) >= 11 is 0. The van der Waals surface area contributed by atoms with E-state index in [0.717, 1.165) is 0 Å². The molecule has 2 aromatic rings. The molecule has 1 aromatic carbocycles. The lowest BCUT2D eigenvalue weighted by Gasteiger charge is -2.27. The lowest BCUT2D eigenvalue weighted by Crippen LogP contribution is -2.38. The van der Waals surface area contributed by atoms with E-state index in [0.29, 0.717) is 16.8 Å². The van der Waals surface area contributed by atoms with Crippen molar-refractivity contribution < 1.29 is 27.2 Å². The zero-order chi connectivity index (χ0) is 20.4. The highest BCUT2D eigenvalue weighted by Gasteiger charge is 2.38. The minimum absolute atomic E-state index is 0.105. The molecule has 1 heterocycles. The first-order chi connectivity index (χ1) is 12.4. The van der Waals surface area contributed by atoms with Gasteiger partial charge in [-0.05, 0) is 45.0 Å². The van der Waals surface area contributed by atoms with Crippen LogP contribution in [0, 0.1) is 0 Å². The Morgan fingerprint density at radius 2 is 1.81 bits per heavy atom. The van der Waals surface area contributed by atoms with E-state index in [1.54, 1.807) is 24.3 Å². The third-order valence-corrected chi connectivity index (χ3v) is 4.72. The second kappa shape index (κ2) is 7.81. The summed E-state index contributed by atoms with van der Waals surface area (Å²) in [6.07, 6.45) is -3.49. The summed E-state index contributed by atoms with van der Waals surface area (Å²) < 4.78 is 56.3. The molecule has 0 spiro atoms. The number of hydrogen-bond acceptors (Lipinski definition) is 6. The minimum Gasteiger partial charge on any atom is -0.471 e. The van der Waals surface area contributed by atoms with Crippen molar-refractivity contribution >= 4 is 22.4 Å². The average molecular weight is 403 g/mol. The number of benzene rings is 1. The summed E-state index contributed by atoms with van der Waals surface area (Å²) in [6.45, 7) is 4.29. The largest absolute Gasteiger partial charge is 0.471 e. The van der Waals surface area contributed by atoms with Crippen LogP contribution in [0.4, 0.5) is 24.8 Å². The van der Waals surface area contributed by atoms with E-state index in [1.807, 2.05) is 0 Å². The highest BCUT2D eigenvalue weighted by molar-refractivity contribution is 7.84. The number of rotatable bonds is 6. The fraction of sp³-hybridized carbons (Fsp3) is 0.412. The molecule has 0 aliphatic carbocycles. The number of halogens is 3. The fourth-order valence-corrected chi connectivity index (χ4v) is 2.40. The van der Waals surface area contributed by atoms with Crippen molar-refractivity contribution in [2.24, 2.45) is 0 Å². The van der Waals surface area contributed by atoms with Gasteiger partial charge in [-0.25, -0.2) is 4.98 Å². The van der Waals surface area contributed by atoms with Crippen molar-refractivity contribution in [2.45, 2.75) is 43.5 Å². The number of alkyl halides is 3. The zero-order valence-corrected chi connectivity index (χ0v) is 16.0. The molecule has 0 saturated heterocycles. The van der Waals surface area contributed by atoms with E-state index < -0.39 is 40.1 Å². The van der Waals surface area contributed by atoms with Crippen molar-refractivity contribution in [1.82, 2.24) is 9.97 Å².